The summed E-state index contributed by atoms with van der Waals surface area (Å²) in [5.41, 5.74) is 9.01. The maximum absolute atomic E-state index is 14.1. The van der Waals surface area contributed by atoms with Gasteiger partial charge in [-0.2, -0.15) is 4.52 Å². The quantitative estimate of drug-likeness (QED) is 0.204. The summed E-state index contributed by atoms with van der Waals surface area (Å²) in [5, 5.41) is 2.79. The van der Waals surface area contributed by atoms with Gasteiger partial charge in [0.2, 0.25) is 5.58 Å². The molecule has 6 nitrogen and oxygen atoms in total. The summed E-state index contributed by atoms with van der Waals surface area (Å²) < 4.78 is 15.7. The van der Waals surface area contributed by atoms with E-state index >= 15 is 0 Å². The molecule has 10 rings (SSSR count). The second-order valence-corrected chi connectivity index (χ2v) is 12.4. The molecule has 0 saturated heterocycles. The van der Waals surface area contributed by atoms with Crippen LogP contribution in [0.3, 0.4) is 0 Å². The summed E-state index contributed by atoms with van der Waals surface area (Å²) in [6.45, 7) is 4.25. The van der Waals surface area contributed by atoms with Crippen LogP contribution in [0.4, 0.5) is 0 Å². The van der Waals surface area contributed by atoms with Gasteiger partial charge in [0.05, 0.1) is 11.3 Å². The van der Waals surface area contributed by atoms with Crippen LogP contribution in [-0.4, -0.2) is 9.03 Å². The number of nitrogens with zero attached hydrogens (tertiary/aromatic N) is 2. The third kappa shape index (κ3) is 2.94. The molecule has 0 amide bonds. The van der Waals surface area contributed by atoms with Crippen LogP contribution in [0.5, 0.6) is 0 Å². The van der Waals surface area contributed by atoms with Crippen molar-refractivity contribution in [1.82, 2.24) is 9.03 Å². The second kappa shape index (κ2) is 8.18. The van der Waals surface area contributed by atoms with Gasteiger partial charge in [0.1, 0.15) is 22.3 Å². The molecule has 214 valence electrons. The molecule has 45 heavy (non-hydrogen) atoms. The highest BCUT2D eigenvalue weighted by atomic mass is 16.3. The fourth-order valence-electron chi connectivity index (χ4n) is 7.70. The number of rotatable bonds is 2. The molecule has 1 aliphatic rings. The zero-order chi connectivity index (χ0) is 30.2. The van der Waals surface area contributed by atoms with Crippen molar-refractivity contribution in [2.24, 2.45) is 0 Å². The van der Waals surface area contributed by atoms with E-state index in [1.165, 1.54) is 4.52 Å². The molecule has 0 atom stereocenters. The molecule has 0 spiro atoms. The van der Waals surface area contributed by atoms with E-state index in [0.29, 0.717) is 16.7 Å². The van der Waals surface area contributed by atoms with Crippen molar-refractivity contribution in [2.75, 3.05) is 0 Å². The maximum atomic E-state index is 14.1. The zero-order valence-electron chi connectivity index (χ0n) is 24.4. The van der Waals surface area contributed by atoms with Crippen molar-refractivity contribution in [1.29, 1.82) is 0 Å². The molecule has 5 aromatic carbocycles. The molecule has 1 aliphatic carbocycles. The minimum Gasteiger partial charge on any atom is -0.456 e. The van der Waals surface area contributed by atoms with E-state index < -0.39 is 11.0 Å². The van der Waals surface area contributed by atoms with Crippen LogP contribution in [0.15, 0.2) is 128 Å². The van der Waals surface area contributed by atoms with Crippen molar-refractivity contribution < 1.29 is 8.83 Å². The fourth-order valence-corrected chi connectivity index (χ4v) is 7.70. The molecule has 9 aromatic rings. The standard InChI is InChI=1S/C39H24N2O4/c1-39(2)28-20-22(21-10-4-3-5-11-21)18-19-25(28)32-36(39)40-33-27-15-8-14-24(34(27)45-35(33)38(43)41(40)37(32)42)23-13-9-17-30-31(23)26-12-6-7-16-29(26)44-30/h3-20H,1-2H3. The minimum absolute atomic E-state index is 0.179. The topological polar surface area (TPSA) is 69.2 Å². The average molecular weight is 585 g/mol. The zero-order valence-corrected chi connectivity index (χ0v) is 24.4. The predicted octanol–water partition coefficient (Wildman–Crippen LogP) is 8.64. The lowest BCUT2D eigenvalue weighted by atomic mass is 9.84. The van der Waals surface area contributed by atoms with Crippen molar-refractivity contribution in [3.63, 3.8) is 0 Å². The Kier molecular flexibility index (Phi) is 4.46. The molecular weight excluding hydrogens is 560 g/mol. The third-order valence-corrected chi connectivity index (χ3v) is 9.70. The first-order valence-electron chi connectivity index (χ1n) is 15.0. The largest absolute Gasteiger partial charge is 0.456 e. The highest BCUT2D eigenvalue weighted by Crippen LogP contribution is 2.49. The minimum atomic E-state index is -0.551. The van der Waals surface area contributed by atoms with Crippen LogP contribution in [0.25, 0.3) is 77.4 Å². The van der Waals surface area contributed by atoms with Crippen LogP contribution < -0.4 is 11.1 Å². The van der Waals surface area contributed by atoms with Crippen LogP contribution in [0.2, 0.25) is 0 Å². The molecule has 0 fully saturated rings. The first-order chi connectivity index (χ1) is 21.9. The summed E-state index contributed by atoms with van der Waals surface area (Å²) in [5.74, 6) is 0. The van der Waals surface area contributed by atoms with Gasteiger partial charge in [0, 0.05) is 27.1 Å². The highest BCUT2D eigenvalue weighted by Gasteiger charge is 2.43. The number of aromatic nitrogens is 2. The first-order valence-corrected chi connectivity index (χ1v) is 15.0. The molecular formula is C39H24N2O4. The summed E-state index contributed by atoms with van der Waals surface area (Å²) in [6.07, 6.45) is 0. The van der Waals surface area contributed by atoms with E-state index in [9.17, 15) is 9.59 Å². The molecule has 0 aliphatic heterocycles. The van der Waals surface area contributed by atoms with Crippen LogP contribution in [-0.2, 0) is 5.41 Å². The Labute approximate surface area is 255 Å². The maximum Gasteiger partial charge on any atom is 0.318 e. The van der Waals surface area contributed by atoms with Crippen molar-refractivity contribution in [3.05, 3.63) is 141 Å². The molecule has 6 heteroatoms. The lowest BCUT2D eigenvalue weighted by Gasteiger charge is -2.22. The van der Waals surface area contributed by atoms with Gasteiger partial charge in [-0.1, -0.05) is 98.8 Å². The summed E-state index contributed by atoms with van der Waals surface area (Å²) >= 11 is 0. The van der Waals surface area contributed by atoms with Gasteiger partial charge in [-0.15, -0.1) is 0 Å². The predicted molar refractivity (Wildman–Crippen MR) is 178 cm³/mol. The highest BCUT2D eigenvalue weighted by molar-refractivity contribution is 6.16. The molecule has 4 heterocycles. The normalized spacial score (nSPS) is 13.9. The number of fused-ring (bicyclic) bond motifs is 12. The Morgan fingerprint density at radius 1 is 0.578 bits per heavy atom. The lowest BCUT2D eigenvalue weighted by molar-refractivity contribution is 0.604. The van der Waals surface area contributed by atoms with Gasteiger partial charge in [0.25, 0.3) is 5.56 Å². The Hall–Kier alpha value is -5.88. The molecule has 0 radical (unpaired) electrons. The van der Waals surface area contributed by atoms with E-state index in [1.807, 2.05) is 77.3 Å². The Morgan fingerprint density at radius 3 is 2.18 bits per heavy atom. The van der Waals surface area contributed by atoms with Crippen molar-refractivity contribution in [3.8, 4) is 33.4 Å². The number of furan rings is 2. The van der Waals surface area contributed by atoms with E-state index in [1.54, 1.807) is 0 Å². The van der Waals surface area contributed by atoms with Crippen LogP contribution >= 0.6 is 0 Å². The SMILES string of the molecule is CC1(C)c2cc(-c3ccccc3)ccc2-c2c1n1c3c(oc4c(-c5cccc6oc7ccccc7c56)cccc43)c(=O)n1c2=O. The van der Waals surface area contributed by atoms with Crippen LogP contribution in [0, 0.1) is 0 Å². The lowest BCUT2D eigenvalue weighted by Crippen LogP contribution is -2.24. The number of hydrogen-bond donors (Lipinski definition) is 0. The smallest absolute Gasteiger partial charge is 0.318 e. The molecule has 0 bridgehead atoms. The van der Waals surface area contributed by atoms with Gasteiger partial charge in [-0.3, -0.25) is 9.59 Å². The molecule has 0 N–H and O–H groups in total. The van der Waals surface area contributed by atoms with Crippen molar-refractivity contribution >= 4 is 44.0 Å². The molecule has 0 unspecified atom stereocenters. The van der Waals surface area contributed by atoms with E-state index in [4.69, 9.17) is 8.83 Å². The number of para-hydroxylation sites is 2. The average Bonchev–Trinajstić information content (AvgIpc) is 3.83. The second-order valence-electron chi connectivity index (χ2n) is 12.4. The summed E-state index contributed by atoms with van der Waals surface area (Å²) in [4.78, 5) is 28.0. The van der Waals surface area contributed by atoms with Gasteiger partial charge in [-0.05, 0) is 52.1 Å². The van der Waals surface area contributed by atoms with E-state index in [0.717, 1.165) is 66.4 Å². The Balaban J connectivity index is 1.27. The first kappa shape index (κ1) is 24.6. The summed E-state index contributed by atoms with van der Waals surface area (Å²) in [6, 6.07) is 36.4. The molecule has 0 saturated carbocycles. The third-order valence-electron chi connectivity index (χ3n) is 9.70. The number of benzene rings is 5. The van der Waals surface area contributed by atoms with Crippen molar-refractivity contribution in [2.45, 2.75) is 19.3 Å². The van der Waals surface area contributed by atoms with Gasteiger partial charge in [-0.25, -0.2) is 4.52 Å². The monoisotopic (exact) mass is 584 g/mol. The van der Waals surface area contributed by atoms with Gasteiger partial charge >= 0.3 is 5.56 Å². The number of hydrogen-bond acceptors (Lipinski definition) is 4. The van der Waals surface area contributed by atoms with E-state index in [-0.39, 0.29) is 11.1 Å². The van der Waals surface area contributed by atoms with Crippen LogP contribution in [0.1, 0.15) is 25.1 Å². The molecule has 4 aromatic heterocycles. The fraction of sp³-hybridized carbons (Fsp3) is 0.0769. The van der Waals surface area contributed by atoms with E-state index in [2.05, 4.69) is 50.2 Å². The summed E-state index contributed by atoms with van der Waals surface area (Å²) in [7, 11) is 0. The van der Waals surface area contributed by atoms with Gasteiger partial charge < -0.3 is 8.83 Å². The Morgan fingerprint density at radius 2 is 1.31 bits per heavy atom. The van der Waals surface area contributed by atoms with Gasteiger partial charge in [0.15, 0.2) is 0 Å². The Bertz CT molecular complexity index is 2830.